The molecule has 0 unspecified atom stereocenters. The van der Waals surface area contributed by atoms with Gasteiger partial charge in [-0.15, -0.1) is 10.2 Å². The number of nitrogens with zero attached hydrogens (tertiary/aromatic N) is 3. The van der Waals surface area contributed by atoms with Crippen LogP contribution in [-0.4, -0.2) is 35.6 Å². The minimum Gasteiger partial charge on any atom is -0.494 e. The van der Waals surface area contributed by atoms with Gasteiger partial charge in [0.05, 0.1) is 25.5 Å². The van der Waals surface area contributed by atoms with Crippen LogP contribution >= 0.6 is 23.2 Å². The smallest absolute Gasteiger partial charge is 0.274 e. The molecular formula is C16H19Cl2N5O3. The first-order valence-corrected chi connectivity index (χ1v) is 8.31. The van der Waals surface area contributed by atoms with Crippen molar-refractivity contribution in [2.75, 3.05) is 19.6 Å². The van der Waals surface area contributed by atoms with Crippen molar-refractivity contribution in [3.63, 3.8) is 0 Å². The van der Waals surface area contributed by atoms with Gasteiger partial charge in [0.25, 0.3) is 5.56 Å². The van der Waals surface area contributed by atoms with Crippen LogP contribution in [0.1, 0.15) is 32.0 Å². The molecule has 0 amide bonds. The fourth-order valence-electron chi connectivity index (χ4n) is 2.13. The maximum atomic E-state index is 12.1. The average molecular weight is 400 g/mol. The summed E-state index contributed by atoms with van der Waals surface area (Å²) >= 11 is 12.3. The number of aromatic amines is 1. The quantitative estimate of drug-likeness (QED) is 0.590. The Labute approximate surface area is 160 Å². The van der Waals surface area contributed by atoms with Crippen molar-refractivity contribution >= 4 is 35.4 Å². The van der Waals surface area contributed by atoms with Gasteiger partial charge in [0, 0.05) is 11.0 Å². The molecule has 2 aromatic rings. The zero-order valence-electron chi connectivity index (χ0n) is 15.0. The lowest BCUT2D eigenvalue weighted by atomic mass is 9.93. The second-order valence-electron chi connectivity index (χ2n) is 6.30. The van der Waals surface area contributed by atoms with E-state index in [-0.39, 0.29) is 16.5 Å². The fourth-order valence-corrected chi connectivity index (χ4v) is 2.84. The normalized spacial score (nSPS) is 11.7. The van der Waals surface area contributed by atoms with Crippen LogP contribution in [0, 0.1) is 0 Å². The van der Waals surface area contributed by atoms with Crippen LogP contribution < -0.4 is 20.5 Å². The Bertz CT molecular complexity index is 891. The SMILES string of the molecule is COc1c(Cl)cc(/C=N/Nc2nnc(C(C)(C)C)c(=O)[nH]2)c(OC)c1Cl. The van der Waals surface area contributed by atoms with Crippen LogP contribution in [0.25, 0.3) is 0 Å². The van der Waals surface area contributed by atoms with E-state index in [9.17, 15) is 4.79 Å². The Morgan fingerprint density at radius 3 is 2.38 bits per heavy atom. The largest absolute Gasteiger partial charge is 0.494 e. The lowest BCUT2D eigenvalue weighted by Gasteiger charge is -2.15. The van der Waals surface area contributed by atoms with Gasteiger partial charge in [0.2, 0.25) is 5.95 Å². The highest BCUT2D eigenvalue weighted by Gasteiger charge is 2.20. The summed E-state index contributed by atoms with van der Waals surface area (Å²) in [5, 5.41) is 12.4. The zero-order chi connectivity index (χ0) is 19.5. The second kappa shape index (κ2) is 7.92. The van der Waals surface area contributed by atoms with E-state index in [0.29, 0.717) is 27.8 Å². The number of anilines is 1. The van der Waals surface area contributed by atoms with E-state index in [1.54, 1.807) is 6.07 Å². The molecule has 1 aromatic carbocycles. The van der Waals surface area contributed by atoms with Crippen LogP contribution in [0.4, 0.5) is 5.95 Å². The number of hydrogen-bond acceptors (Lipinski definition) is 7. The number of methoxy groups -OCH3 is 2. The summed E-state index contributed by atoms with van der Waals surface area (Å²) in [6, 6.07) is 1.59. The first-order chi connectivity index (χ1) is 12.2. The molecule has 140 valence electrons. The number of hydrogen-bond donors (Lipinski definition) is 2. The summed E-state index contributed by atoms with van der Waals surface area (Å²) in [7, 11) is 2.92. The molecule has 2 N–H and O–H groups in total. The molecule has 0 aliphatic heterocycles. The molecule has 0 radical (unpaired) electrons. The van der Waals surface area contributed by atoms with Crippen LogP contribution in [-0.2, 0) is 5.41 Å². The number of ether oxygens (including phenoxy) is 2. The van der Waals surface area contributed by atoms with Gasteiger partial charge < -0.3 is 9.47 Å². The van der Waals surface area contributed by atoms with Crippen molar-refractivity contribution in [1.29, 1.82) is 0 Å². The van der Waals surface area contributed by atoms with Gasteiger partial charge in [-0.3, -0.25) is 9.78 Å². The maximum Gasteiger partial charge on any atom is 0.274 e. The number of benzene rings is 1. The molecule has 26 heavy (non-hydrogen) atoms. The highest BCUT2D eigenvalue weighted by Crippen LogP contribution is 2.41. The Balaban J connectivity index is 2.27. The third kappa shape index (κ3) is 4.25. The lowest BCUT2D eigenvalue weighted by Crippen LogP contribution is -2.28. The zero-order valence-corrected chi connectivity index (χ0v) is 16.5. The van der Waals surface area contributed by atoms with E-state index >= 15 is 0 Å². The number of nitrogens with one attached hydrogen (secondary N) is 2. The molecule has 0 aliphatic carbocycles. The van der Waals surface area contributed by atoms with E-state index in [1.807, 2.05) is 20.8 Å². The van der Waals surface area contributed by atoms with Crippen LogP contribution in [0.3, 0.4) is 0 Å². The van der Waals surface area contributed by atoms with Crippen molar-refractivity contribution < 1.29 is 9.47 Å². The molecular weight excluding hydrogens is 381 g/mol. The van der Waals surface area contributed by atoms with Crippen molar-refractivity contribution in [2.24, 2.45) is 5.10 Å². The van der Waals surface area contributed by atoms with E-state index in [0.717, 1.165) is 0 Å². The average Bonchev–Trinajstić information content (AvgIpc) is 2.54. The van der Waals surface area contributed by atoms with Crippen LogP contribution in [0.15, 0.2) is 16.0 Å². The summed E-state index contributed by atoms with van der Waals surface area (Å²) in [4.78, 5) is 14.6. The van der Waals surface area contributed by atoms with Gasteiger partial charge in [0.15, 0.2) is 5.75 Å². The molecule has 0 fully saturated rings. The van der Waals surface area contributed by atoms with Crippen molar-refractivity contribution in [3.05, 3.63) is 37.7 Å². The monoisotopic (exact) mass is 399 g/mol. The summed E-state index contributed by atoms with van der Waals surface area (Å²) in [5.74, 6) is 0.758. The number of H-pyrrole nitrogens is 1. The number of aromatic nitrogens is 3. The van der Waals surface area contributed by atoms with Gasteiger partial charge >= 0.3 is 0 Å². The van der Waals surface area contributed by atoms with Crippen molar-refractivity contribution in [3.8, 4) is 11.5 Å². The molecule has 0 aliphatic rings. The molecule has 8 nitrogen and oxygen atoms in total. The summed E-state index contributed by atoms with van der Waals surface area (Å²) in [6.45, 7) is 5.63. The molecule has 1 heterocycles. The fraction of sp³-hybridized carbons (Fsp3) is 0.375. The predicted octanol–water partition coefficient (Wildman–Crippen LogP) is 3.23. The third-order valence-corrected chi connectivity index (χ3v) is 3.97. The third-order valence-electron chi connectivity index (χ3n) is 3.35. The first-order valence-electron chi connectivity index (χ1n) is 7.55. The summed E-state index contributed by atoms with van der Waals surface area (Å²) in [5.41, 5.74) is 2.70. The number of hydrazone groups is 1. The molecule has 0 saturated heterocycles. The minimum atomic E-state index is -0.410. The number of rotatable bonds is 5. The molecule has 0 saturated carbocycles. The molecule has 1 aromatic heterocycles. The Morgan fingerprint density at radius 1 is 1.19 bits per heavy atom. The van der Waals surface area contributed by atoms with Crippen molar-refractivity contribution in [1.82, 2.24) is 15.2 Å². The van der Waals surface area contributed by atoms with Gasteiger partial charge in [-0.2, -0.15) is 5.10 Å². The molecule has 0 atom stereocenters. The Morgan fingerprint density at radius 2 is 1.85 bits per heavy atom. The standard InChI is InChI=1S/C16H19Cl2N5O3/c1-16(2,3)13-14(24)20-15(23-21-13)22-19-7-8-6-9(17)12(26-5)10(18)11(8)25-4/h6-7H,1-5H3,(H2,20,22,23,24)/b19-7+. The van der Waals surface area contributed by atoms with Crippen LogP contribution in [0.2, 0.25) is 10.0 Å². The van der Waals surface area contributed by atoms with Gasteiger partial charge in [-0.25, -0.2) is 5.43 Å². The lowest BCUT2D eigenvalue weighted by molar-refractivity contribution is 0.394. The topological polar surface area (TPSA) is 101 Å². The molecule has 10 heteroatoms. The minimum absolute atomic E-state index is 0.101. The van der Waals surface area contributed by atoms with E-state index in [4.69, 9.17) is 32.7 Å². The van der Waals surface area contributed by atoms with E-state index in [2.05, 4.69) is 25.7 Å². The van der Waals surface area contributed by atoms with E-state index < -0.39 is 5.41 Å². The molecule has 2 rings (SSSR count). The predicted molar refractivity (Wildman–Crippen MR) is 102 cm³/mol. The summed E-state index contributed by atoms with van der Waals surface area (Å²) < 4.78 is 10.4. The maximum absolute atomic E-state index is 12.1. The first kappa shape index (κ1) is 20.0. The van der Waals surface area contributed by atoms with Crippen LogP contribution in [0.5, 0.6) is 11.5 Å². The highest BCUT2D eigenvalue weighted by molar-refractivity contribution is 6.38. The second-order valence-corrected chi connectivity index (χ2v) is 7.08. The molecule has 0 spiro atoms. The molecule has 0 bridgehead atoms. The van der Waals surface area contributed by atoms with Gasteiger partial charge in [-0.05, 0) is 6.07 Å². The van der Waals surface area contributed by atoms with Crippen molar-refractivity contribution in [2.45, 2.75) is 26.2 Å². The van der Waals surface area contributed by atoms with Gasteiger partial charge in [-0.1, -0.05) is 44.0 Å². The van der Waals surface area contributed by atoms with Gasteiger partial charge in [0.1, 0.15) is 16.5 Å². The van der Waals surface area contributed by atoms with E-state index in [1.165, 1.54) is 20.4 Å². The highest BCUT2D eigenvalue weighted by atomic mass is 35.5. The number of halogens is 2. The Hall–Kier alpha value is -2.32. The summed E-state index contributed by atoms with van der Waals surface area (Å²) in [6.07, 6.45) is 1.42. The Kier molecular flexibility index (Phi) is 6.09.